The molecule has 0 N–H and O–H groups in total. The van der Waals surface area contributed by atoms with E-state index in [0.29, 0.717) is 5.56 Å². The maximum atomic E-state index is 12.5. The number of benzene rings is 2. The standard InChI is InChI=1S/C24H20N2O7/c1-3-31-20-12-15(11-16(13-25)24(30)32-4-2)9-10-19(20)33-21(27)14-26-22(28)17-7-5-6-8-18(17)23(26)29/h5-12H,3-4,14H2,1-2H3/b16-11+. The van der Waals surface area contributed by atoms with Crippen LogP contribution in [0.5, 0.6) is 11.5 Å². The molecule has 9 nitrogen and oxygen atoms in total. The van der Waals surface area contributed by atoms with Gasteiger partial charge in [-0.1, -0.05) is 18.2 Å². The van der Waals surface area contributed by atoms with Gasteiger partial charge in [0.2, 0.25) is 0 Å². The minimum atomic E-state index is -0.835. The molecule has 0 aromatic heterocycles. The summed E-state index contributed by atoms with van der Waals surface area (Å²) in [6.45, 7) is 3.17. The summed E-state index contributed by atoms with van der Waals surface area (Å²) in [5.41, 5.74) is 0.713. The lowest BCUT2D eigenvalue weighted by atomic mass is 10.1. The van der Waals surface area contributed by atoms with Gasteiger partial charge in [-0.15, -0.1) is 0 Å². The fourth-order valence-electron chi connectivity index (χ4n) is 3.15. The first-order valence-electron chi connectivity index (χ1n) is 10.1. The third-order valence-electron chi connectivity index (χ3n) is 4.58. The Balaban J connectivity index is 1.77. The van der Waals surface area contributed by atoms with Crippen LogP contribution in [0.25, 0.3) is 6.08 Å². The van der Waals surface area contributed by atoms with Crippen LogP contribution in [0.4, 0.5) is 0 Å². The summed E-state index contributed by atoms with van der Waals surface area (Å²) in [6, 6.07) is 12.5. The first-order valence-corrected chi connectivity index (χ1v) is 10.1. The molecule has 0 bridgehead atoms. The molecule has 168 valence electrons. The van der Waals surface area contributed by atoms with E-state index in [1.807, 2.05) is 0 Å². The molecule has 1 aliphatic heterocycles. The van der Waals surface area contributed by atoms with Gasteiger partial charge in [-0.2, -0.15) is 5.26 Å². The van der Waals surface area contributed by atoms with E-state index in [9.17, 15) is 24.4 Å². The average molecular weight is 448 g/mol. The fourth-order valence-corrected chi connectivity index (χ4v) is 3.15. The summed E-state index contributed by atoms with van der Waals surface area (Å²) in [6.07, 6.45) is 1.32. The highest BCUT2D eigenvalue weighted by atomic mass is 16.6. The van der Waals surface area contributed by atoms with Crippen molar-refractivity contribution in [3.05, 3.63) is 64.7 Å². The Morgan fingerprint density at radius 3 is 2.24 bits per heavy atom. The molecule has 0 unspecified atom stereocenters. The normalized spacial score (nSPS) is 12.8. The molecule has 0 aliphatic carbocycles. The van der Waals surface area contributed by atoms with E-state index in [0.717, 1.165) is 4.90 Å². The number of imide groups is 1. The fraction of sp³-hybridized carbons (Fsp3) is 0.208. The van der Waals surface area contributed by atoms with Gasteiger partial charge in [0.1, 0.15) is 18.2 Å². The molecule has 0 saturated carbocycles. The van der Waals surface area contributed by atoms with Crippen LogP contribution in [0.2, 0.25) is 0 Å². The van der Waals surface area contributed by atoms with Crippen molar-refractivity contribution in [2.24, 2.45) is 0 Å². The Bertz CT molecular complexity index is 1160. The molecule has 0 saturated heterocycles. The first-order chi connectivity index (χ1) is 15.9. The molecule has 1 aliphatic rings. The second-order valence-electron chi connectivity index (χ2n) is 6.75. The minimum absolute atomic E-state index is 0.0604. The molecule has 9 heteroatoms. The number of nitrogens with zero attached hydrogens (tertiary/aromatic N) is 2. The molecule has 0 spiro atoms. The summed E-state index contributed by atoms with van der Waals surface area (Å²) in [4.78, 5) is 50.0. The van der Waals surface area contributed by atoms with Crippen LogP contribution < -0.4 is 9.47 Å². The van der Waals surface area contributed by atoms with E-state index in [2.05, 4.69) is 0 Å². The highest BCUT2D eigenvalue weighted by molar-refractivity contribution is 6.22. The summed E-state index contributed by atoms with van der Waals surface area (Å²) < 4.78 is 15.7. The number of esters is 2. The van der Waals surface area contributed by atoms with E-state index >= 15 is 0 Å². The first kappa shape index (κ1) is 23.2. The number of carbonyl (C=O) groups is 4. The number of fused-ring (bicyclic) bond motifs is 1. The Hall–Kier alpha value is -4.45. The van der Waals surface area contributed by atoms with E-state index in [1.165, 1.54) is 36.4 Å². The highest BCUT2D eigenvalue weighted by Crippen LogP contribution is 2.30. The van der Waals surface area contributed by atoms with E-state index in [4.69, 9.17) is 14.2 Å². The molecule has 0 radical (unpaired) electrons. The lowest BCUT2D eigenvalue weighted by Crippen LogP contribution is -2.36. The summed E-state index contributed by atoms with van der Waals surface area (Å²) in [5.74, 6) is -2.48. The van der Waals surface area contributed by atoms with Crippen LogP contribution in [-0.2, 0) is 14.3 Å². The van der Waals surface area contributed by atoms with Gasteiger partial charge in [-0.25, -0.2) is 9.59 Å². The van der Waals surface area contributed by atoms with Crippen LogP contribution in [0.1, 0.15) is 40.1 Å². The molecular weight excluding hydrogens is 428 g/mol. The van der Waals surface area contributed by atoms with Crippen LogP contribution in [0, 0.1) is 11.3 Å². The molecular formula is C24H20N2O7. The van der Waals surface area contributed by atoms with Crippen molar-refractivity contribution in [3.63, 3.8) is 0 Å². The van der Waals surface area contributed by atoms with Crippen molar-refractivity contribution < 1.29 is 33.4 Å². The van der Waals surface area contributed by atoms with Gasteiger partial charge in [0.15, 0.2) is 11.5 Å². The van der Waals surface area contributed by atoms with Gasteiger partial charge in [0.25, 0.3) is 11.8 Å². The predicted molar refractivity (Wildman–Crippen MR) is 115 cm³/mol. The highest BCUT2D eigenvalue weighted by Gasteiger charge is 2.36. The third-order valence-corrected chi connectivity index (χ3v) is 4.58. The van der Waals surface area contributed by atoms with Gasteiger partial charge in [-0.3, -0.25) is 14.5 Å². The van der Waals surface area contributed by atoms with Crippen LogP contribution in [0.3, 0.4) is 0 Å². The minimum Gasteiger partial charge on any atom is -0.490 e. The molecule has 2 amide bonds. The van der Waals surface area contributed by atoms with Gasteiger partial charge in [0, 0.05) is 0 Å². The Kier molecular flexibility index (Phi) is 7.20. The van der Waals surface area contributed by atoms with Gasteiger partial charge >= 0.3 is 11.9 Å². The smallest absolute Gasteiger partial charge is 0.348 e. The number of ether oxygens (including phenoxy) is 3. The second-order valence-corrected chi connectivity index (χ2v) is 6.75. The van der Waals surface area contributed by atoms with Gasteiger partial charge in [-0.05, 0) is 49.8 Å². The monoisotopic (exact) mass is 448 g/mol. The van der Waals surface area contributed by atoms with E-state index in [-0.39, 0.29) is 41.4 Å². The molecule has 33 heavy (non-hydrogen) atoms. The lowest BCUT2D eigenvalue weighted by molar-refractivity contribution is -0.138. The largest absolute Gasteiger partial charge is 0.490 e. The number of hydrogen-bond acceptors (Lipinski definition) is 8. The van der Waals surface area contributed by atoms with Crippen LogP contribution in [-0.4, -0.2) is 48.4 Å². The maximum absolute atomic E-state index is 12.5. The summed E-state index contributed by atoms with van der Waals surface area (Å²) in [5, 5.41) is 9.19. The van der Waals surface area contributed by atoms with Crippen molar-refractivity contribution in [3.8, 4) is 17.6 Å². The van der Waals surface area contributed by atoms with E-state index < -0.39 is 30.3 Å². The zero-order chi connectivity index (χ0) is 24.0. The van der Waals surface area contributed by atoms with Crippen LogP contribution >= 0.6 is 0 Å². The topological polar surface area (TPSA) is 123 Å². The summed E-state index contributed by atoms with van der Waals surface area (Å²) >= 11 is 0. The van der Waals surface area contributed by atoms with E-state index in [1.54, 1.807) is 32.0 Å². The number of hydrogen-bond donors (Lipinski definition) is 0. The number of amides is 2. The zero-order valence-corrected chi connectivity index (χ0v) is 18.0. The Morgan fingerprint density at radius 1 is 1.00 bits per heavy atom. The Labute approximate surface area is 189 Å². The lowest BCUT2D eigenvalue weighted by Gasteiger charge is -2.15. The third kappa shape index (κ3) is 5.07. The summed E-state index contributed by atoms with van der Waals surface area (Å²) in [7, 11) is 0. The predicted octanol–water partition coefficient (Wildman–Crippen LogP) is 2.76. The number of nitriles is 1. The molecule has 0 atom stereocenters. The van der Waals surface area contributed by atoms with Crippen LogP contribution in [0.15, 0.2) is 48.0 Å². The molecule has 3 rings (SSSR count). The number of rotatable bonds is 8. The SMILES string of the molecule is CCOC(=O)/C(C#N)=C/c1ccc(OC(=O)CN2C(=O)c3ccccc3C2=O)c(OCC)c1. The molecule has 2 aromatic carbocycles. The maximum Gasteiger partial charge on any atom is 0.348 e. The van der Waals surface area contributed by atoms with Crippen molar-refractivity contribution in [1.82, 2.24) is 4.90 Å². The quantitative estimate of drug-likeness (QED) is 0.199. The van der Waals surface area contributed by atoms with Gasteiger partial charge in [0.05, 0.1) is 24.3 Å². The van der Waals surface area contributed by atoms with Gasteiger partial charge < -0.3 is 14.2 Å². The zero-order valence-electron chi connectivity index (χ0n) is 18.0. The van der Waals surface area contributed by atoms with Crippen molar-refractivity contribution >= 4 is 29.8 Å². The molecule has 1 heterocycles. The van der Waals surface area contributed by atoms with Crippen molar-refractivity contribution in [2.75, 3.05) is 19.8 Å². The average Bonchev–Trinajstić information content (AvgIpc) is 3.04. The second kappa shape index (κ2) is 10.2. The molecule has 2 aromatic rings. The van der Waals surface area contributed by atoms with Crippen molar-refractivity contribution in [1.29, 1.82) is 5.26 Å². The number of carbonyl (C=O) groups excluding carboxylic acids is 4. The van der Waals surface area contributed by atoms with Crippen molar-refractivity contribution in [2.45, 2.75) is 13.8 Å². The molecule has 0 fully saturated rings. The Morgan fingerprint density at radius 2 is 1.67 bits per heavy atom.